The highest BCUT2D eigenvalue weighted by atomic mass is 35.5. The third-order valence-corrected chi connectivity index (χ3v) is 4.56. The van der Waals surface area contributed by atoms with Crippen molar-refractivity contribution in [2.45, 2.75) is 6.92 Å². The van der Waals surface area contributed by atoms with E-state index in [-0.39, 0.29) is 12.3 Å². The van der Waals surface area contributed by atoms with E-state index in [0.717, 1.165) is 4.90 Å². The van der Waals surface area contributed by atoms with Gasteiger partial charge in [-0.15, -0.1) is 0 Å². The minimum absolute atomic E-state index is 0.0104. The fraction of sp³-hybridized carbons (Fsp3) is 0.182. The van der Waals surface area contributed by atoms with Crippen LogP contribution in [0.4, 0.5) is 10.5 Å². The predicted octanol–water partition coefficient (Wildman–Crippen LogP) is 2.13. The molecule has 2 aromatic rings. The van der Waals surface area contributed by atoms with E-state index in [9.17, 15) is 19.2 Å². The lowest BCUT2D eigenvalue weighted by atomic mass is 10.1. The molecule has 0 spiro atoms. The molecule has 3 rings (SSSR count). The Morgan fingerprint density at radius 2 is 1.94 bits per heavy atom. The van der Waals surface area contributed by atoms with Crippen LogP contribution in [0.3, 0.4) is 0 Å². The van der Waals surface area contributed by atoms with Gasteiger partial charge in [-0.1, -0.05) is 23.7 Å². The Kier molecular flexibility index (Phi) is 7.52. The van der Waals surface area contributed by atoms with Crippen molar-refractivity contribution in [1.82, 2.24) is 10.2 Å². The quantitative estimate of drug-likeness (QED) is 0.377. The van der Waals surface area contributed by atoms with Crippen LogP contribution >= 0.6 is 11.6 Å². The second-order valence-electron chi connectivity index (χ2n) is 6.83. The first-order valence-corrected chi connectivity index (χ1v) is 10.2. The maximum atomic E-state index is 12.7. The summed E-state index contributed by atoms with van der Waals surface area (Å²) in [5.74, 6) is -1.21. The number of anilines is 1. The number of carbonyl (C=O) groups excluding carboxylic acids is 4. The second kappa shape index (κ2) is 10.5. The number of amides is 5. The highest BCUT2D eigenvalue weighted by Crippen LogP contribution is 2.29. The van der Waals surface area contributed by atoms with E-state index < -0.39 is 30.3 Å². The van der Waals surface area contributed by atoms with Gasteiger partial charge in [-0.2, -0.15) is 0 Å². The molecule has 10 nitrogen and oxygen atoms in total. The van der Waals surface area contributed by atoms with Gasteiger partial charge in [0, 0.05) is 10.7 Å². The molecule has 172 valence electrons. The Labute approximate surface area is 194 Å². The van der Waals surface area contributed by atoms with E-state index in [2.05, 4.69) is 10.6 Å². The number of nitrogens with zero attached hydrogens (tertiary/aromatic N) is 1. The monoisotopic (exact) mass is 472 g/mol. The van der Waals surface area contributed by atoms with E-state index >= 15 is 0 Å². The molecule has 0 aliphatic carbocycles. The van der Waals surface area contributed by atoms with Gasteiger partial charge in [0.25, 0.3) is 11.8 Å². The number of rotatable bonds is 9. The number of urea groups is 1. The number of hydrogen-bond acceptors (Lipinski definition) is 6. The summed E-state index contributed by atoms with van der Waals surface area (Å²) >= 11 is 5.89. The molecule has 0 aromatic heterocycles. The molecule has 2 aromatic carbocycles. The van der Waals surface area contributed by atoms with E-state index in [1.165, 1.54) is 6.08 Å². The minimum Gasteiger partial charge on any atom is -0.490 e. The normalized spacial score (nSPS) is 14.2. The Balaban J connectivity index is 1.72. The Hall–Kier alpha value is -4.05. The molecule has 11 heteroatoms. The van der Waals surface area contributed by atoms with Crippen LogP contribution < -0.4 is 25.8 Å². The Morgan fingerprint density at radius 1 is 1.15 bits per heavy atom. The summed E-state index contributed by atoms with van der Waals surface area (Å²) in [5, 5.41) is 5.47. The number of primary amides is 1. The minimum atomic E-state index is -0.723. The molecule has 0 bridgehead atoms. The van der Waals surface area contributed by atoms with Gasteiger partial charge in [0.15, 0.2) is 18.1 Å². The lowest BCUT2D eigenvalue weighted by Crippen LogP contribution is -2.38. The van der Waals surface area contributed by atoms with Gasteiger partial charge in [-0.25, -0.2) is 9.69 Å². The van der Waals surface area contributed by atoms with Crippen molar-refractivity contribution in [3.63, 3.8) is 0 Å². The number of nitrogens with two attached hydrogens (primary N) is 1. The van der Waals surface area contributed by atoms with E-state index in [4.69, 9.17) is 26.8 Å². The summed E-state index contributed by atoms with van der Waals surface area (Å²) in [6, 6.07) is 10.5. The SMILES string of the molecule is CCOc1cc(/C=C2/NC(=O)N(CC(=O)Nc3cccc(Cl)c3)C2=O)ccc1OCC(N)=O. The fourth-order valence-corrected chi connectivity index (χ4v) is 3.13. The Bertz CT molecular complexity index is 1130. The maximum Gasteiger partial charge on any atom is 0.329 e. The van der Waals surface area contributed by atoms with Crippen LogP contribution in [0.5, 0.6) is 11.5 Å². The van der Waals surface area contributed by atoms with E-state index in [0.29, 0.717) is 34.4 Å². The standard InChI is InChI=1S/C22H21ClN4O6/c1-2-32-18-9-13(6-7-17(18)33-12-19(24)28)8-16-21(30)27(22(31)26-16)11-20(29)25-15-5-3-4-14(23)10-15/h3-10H,2,11-12H2,1H3,(H2,24,28)(H,25,29)(H,26,31)/b16-8+. The van der Waals surface area contributed by atoms with Crippen LogP contribution in [0, 0.1) is 0 Å². The molecule has 0 unspecified atom stereocenters. The summed E-state index contributed by atoms with van der Waals surface area (Å²) in [6.45, 7) is 1.31. The maximum absolute atomic E-state index is 12.7. The van der Waals surface area contributed by atoms with Gasteiger partial charge in [-0.3, -0.25) is 14.4 Å². The summed E-state index contributed by atoms with van der Waals surface area (Å²) in [4.78, 5) is 49.0. The summed E-state index contributed by atoms with van der Waals surface area (Å²) in [5.41, 5.74) is 6.06. The van der Waals surface area contributed by atoms with Crippen molar-refractivity contribution in [2.75, 3.05) is 25.1 Å². The third kappa shape index (κ3) is 6.23. The number of carbonyl (C=O) groups is 4. The summed E-state index contributed by atoms with van der Waals surface area (Å²) < 4.78 is 10.8. The van der Waals surface area contributed by atoms with Crippen LogP contribution in [0.15, 0.2) is 48.2 Å². The topological polar surface area (TPSA) is 140 Å². The van der Waals surface area contributed by atoms with Crippen LogP contribution in [-0.4, -0.2) is 48.4 Å². The molecular weight excluding hydrogens is 452 g/mol. The fourth-order valence-electron chi connectivity index (χ4n) is 2.94. The number of ether oxygens (including phenoxy) is 2. The number of halogens is 1. The molecule has 4 N–H and O–H groups in total. The van der Waals surface area contributed by atoms with Crippen molar-refractivity contribution in [1.29, 1.82) is 0 Å². The summed E-state index contributed by atoms with van der Waals surface area (Å²) in [6.07, 6.45) is 1.44. The van der Waals surface area contributed by atoms with E-state index in [1.807, 2.05) is 0 Å². The third-order valence-electron chi connectivity index (χ3n) is 4.32. The molecule has 1 heterocycles. The van der Waals surface area contributed by atoms with Gasteiger partial charge in [-0.05, 0) is 48.9 Å². The van der Waals surface area contributed by atoms with Gasteiger partial charge < -0.3 is 25.8 Å². The first kappa shape index (κ1) is 23.6. The molecule has 0 saturated carbocycles. The Morgan fingerprint density at radius 3 is 2.64 bits per heavy atom. The zero-order valence-corrected chi connectivity index (χ0v) is 18.3. The summed E-state index contributed by atoms with van der Waals surface area (Å²) in [7, 11) is 0. The number of nitrogens with one attached hydrogen (secondary N) is 2. The van der Waals surface area contributed by atoms with Crippen LogP contribution in [0.1, 0.15) is 12.5 Å². The first-order chi connectivity index (χ1) is 15.8. The van der Waals surface area contributed by atoms with Crippen LogP contribution in [0.2, 0.25) is 5.02 Å². The van der Waals surface area contributed by atoms with Crippen molar-refractivity contribution >= 4 is 47.1 Å². The molecule has 0 radical (unpaired) electrons. The molecule has 1 fully saturated rings. The average Bonchev–Trinajstić information content (AvgIpc) is 3.00. The second-order valence-corrected chi connectivity index (χ2v) is 7.27. The van der Waals surface area contributed by atoms with Crippen molar-refractivity contribution < 1.29 is 28.7 Å². The van der Waals surface area contributed by atoms with Gasteiger partial charge in [0.2, 0.25) is 5.91 Å². The van der Waals surface area contributed by atoms with Crippen molar-refractivity contribution in [3.8, 4) is 11.5 Å². The lowest BCUT2D eigenvalue weighted by molar-refractivity contribution is -0.127. The molecule has 1 aliphatic heterocycles. The zero-order chi connectivity index (χ0) is 24.0. The molecule has 0 atom stereocenters. The van der Waals surface area contributed by atoms with Crippen LogP contribution in [-0.2, 0) is 14.4 Å². The average molecular weight is 473 g/mol. The van der Waals surface area contributed by atoms with Gasteiger partial charge in [0.05, 0.1) is 6.61 Å². The molecule has 1 saturated heterocycles. The zero-order valence-electron chi connectivity index (χ0n) is 17.6. The van der Waals surface area contributed by atoms with Gasteiger partial charge in [0.1, 0.15) is 12.2 Å². The number of hydrogen-bond donors (Lipinski definition) is 3. The number of imide groups is 1. The molecule has 33 heavy (non-hydrogen) atoms. The predicted molar refractivity (Wildman–Crippen MR) is 121 cm³/mol. The van der Waals surface area contributed by atoms with Gasteiger partial charge >= 0.3 is 6.03 Å². The molecule has 1 aliphatic rings. The van der Waals surface area contributed by atoms with Crippen molar-refractivity contribution in [2.24, 2.45) is 5.73 Å². The van der Waals surface area contributed by atoms with Crippen molar-refractivity contribution in [3.05, 3.63) is 58.7 Å². The molecule has 5 amide bonds. The molecular formula is C22H21ClN4O6. The largest absolute Gasteiger partial charge is 0.490 e. The first-order valence-electron chi connectivity index (χ1n) is 9.84. The van der Waals surface area contributed by atoms with E-state index in [1.54, 1.807) is 49.4 Å². The highest BCUT2D eigenvalue weighted by Gasteiger charge is 2.35. The lowest BCUT2D eigenvalue weighted by Gasteiger charge is -2.12. The smallest absolute Gasteiger partial charge is 0.329 e. The highest BCUT2D eigenvalue weighted by molar-refractivity contribution is 6.30. The number of benzene rings is 2. The van der Waals surface area contributed by atoms with Crippen LogP contribution in [0.25, 0.3) is 6.08 Å².